The Morgan fingerprint density at radius 1 is 1.29 bits per heavy atom. The monoisotopic (exact) mass is 271 g/mol. The fraction of sp³-hybridized carbons (Fsp3) is 0.538. The van der Waals surface area contributed by atoms with Gasteiger partial charge in [-0.1, -0.05) is 23.7 Å². The third-order valence-electron chi connectivity index (χ3n) is 2.85. The fourth-order valence-electron chi connectivity index (χ4n) is 1.89. The van der Waals surface area contributed by atoms with Crippen LogP contribution >= 0.6 is 23.4 Å². The van der Waals surface area contributed by atoms with E-state index in [0.29, 0.717) is 6.04 Å². The van der Waals surface area contributed by atoms with Gasteiger partial charge in [-0.25, -0.2) is 0 Å². The number of thioether (sulfide) groups is 1. The Hall–Kier alpha value is -0.220. The lowest BCUT2D eigenvalue weighted by atomic mass is 10.1. The molecule has 17 heavy (non-hydrogen) atoms. The summed E-state index contributed by atoms with van der Waals surface area (Å²) in [6, 6.07) is 8.64. The Labute approximate surface area is 112 Å². The third-order valence-corrected chi connectivity index (χ3v) is 4.37. The summed E-state index contributed by atoms with van der Waals surface area (Å²) >= 11 is 7.90. The van der Waals surface area contributed by atoms with E-state index in [1.807, 2.05) is 30.0 Å². The molecule has 1 fully saturated rings. The van der Waals surface area contributed by atoms with Gasteiger partial charge in [-0.05, 0) is 25.0 Å². The van der Waals surface area contributed by atoms with E-state index in [1.54, 1.807) is 0 Å². The summed E-state index contributed by atoms with van der Waals surface area (Å²) < 4.78 is 5.33. The predicted octanol–water partition coefficient (Wildman–Crippen LogP) is 3.20. The molecule has 1 heterocycles. The smallest absolute Gasteiger partial charge is 0.0541 e. The Morgan fingerprint density at radius 2 is 2.06 bits per heavy atom. The molecule has 0 amide bonds. The topological polar surface area (TPSA) is 21.3 Å². The van der Waals surface area contributed by atoms with Crippen LogP contribution in [0.15, 0.2) is 29.2 Å². The second-order valence-corrected chi connectivity index (χ2v) is 5.66. The zero-order chi connectivity index (χ0) is 11.9. The van der Waals surface area contributed by atoms with Crippen molar-refractivity contribution < 1.29 is 4.74 Å². The predicted molar refractivity (Wildman–Crippen MR) is 74.0 cm³/mol. The standard InChI is InChI=1S/C13H18ClNOS/c14-12-3-1-2-4-13(12)17-10-7-15-11-5-8-16-9-6-11/h1-4,11,15H,5-10H2. The number of rotatable bonds is 5. The van der Waals surface area contributed by atoms with Gasteiger partial charge in [0.15, 0.2) is 0 Å². The van der Waals surface area contributed by atoms with Crippen molar-refractivity contribution in [3.8, 4) is 0 Å². The third kappa shape index (κ3) is 4.51. The number of benzene rings is 1. The van der Waals surface area contributed by atoms with Gasteiger partial charge in [0.2, 0.25) is 0 Å². The first kappa shape index (κ1) is 13.2. The molecule has 94 valence electrons. The molecule has 0 unspecified atom stereocenters. The Morgan fingerprint density at radius 3 is 2.82 bits per heavy atom. The summed E-state index contributed by atoms with van der Waals surface area (Å²) in [7, 11) is 0. The molecule has 1 aliphatic rings. The average molecular weight is 272 g/mol. The molecule has 2 rings (SSSR count). The van der Waals surface area contributed by atoms with Crippen LogP contribution < -0.4 is 5.32 Å². The van der Waals surface area contributed by atoms with E-state index in [4.69, 9.17) is 16.3 Å². The van der Waals surface area contributed by atoms with Crippen molar-refractivity contribution in [2.75, 3.05) is 25.5 Å². The van der Waals surface area contributed by atoms with Crippen molar-refractivity contribution in [3.05, 3.63) is 29.3 Å². The van der Waals surface area contributed by atoms with Crippen LogP contribution in [0.25, 0.3) is 0 Å². The van der Waals surface area contributed by atoms with E-state index in [0.717, 1.165) is 43.4 Å². The highest BCUT2D eigenvalue weighted by Gasteiger charge is 2.12. The van der Waals surface area contributed by atoms with Gasteiger partial charge < -0.3 is 10.1 Å². The summed E-state index contributed by atoms with van der Waals surface area (Å²) in [4.78, 5) is 1.17. The van der Waals surface area contributed by atoms with Crippen LogP contribution in [0.1, 0.15) is 12.8 Å². The van der Waals surface area contributed by atoms with Gasteiger partial charge >= 0.3 is 0 Å². The molecule has 0 aromatic heterocycles. The normalized spacial score (nSPS) is 17.2. The maximum Gasteiger partial charge on any atom is 0.0541 e. The van der Waals surface area contributed by atoms with Crippen molar-refractivity contribution >= 4 is 23.4 Å². The van der Waals surface area contributed by atoms with Crippen LogP contribution in [0.5, 0.6) is 0 Å². The summed E-state index contributed by atoms with van der Waals surface area (Å²) in [6.07, 6.45) is 2.27. The Balaban J connectivity index is 1.64. The SMILES string of the molecule is Clc1ccccc1SCCNC1CCOCC1. The zero-order valence-electron chi connectivity index (χ0n) is 9.82. The van der Waals surface area contributed by atoms with Crippen LogP contribution in [-0.4, -0.2) is 31.6 Å². The number of halogens is 1. The van der Waals surface area contributed by atoms with Crippen molar-refractivity contribution in [1.82, 2.24) is 5.32 Å². The van der Waals surface area contributed by atoms with E-state index in [-0.39, 0.29) is 0 Å². The van der Waals surface area contributed by atoms with E-state index < -0.39 is 0 Å². The highest BCUT2D eigenvalue weighted by atomic mass is 35.5. The zero-order valence-corrected chi connectivity index (χ0v) is 11.4. The molecular formula is C13H18ClNOS. The first-order valence-electron chi connectivity index (χ1n) is 6.05. The quantitative estimate of drug-likeness (QED) is 0.656. The van der Waals surface area contributed by atoms with Crippen LogP contribution in [-0.2, 0) is 4.74 Å². The molecule has 1 aromatic rings. The number of ether oxygens (including phenoxy) is 1. The van der Waals surface area contributed by atoms with Gasteiger partial charge in [0.25, 0.3) is 0 Å². The van der Waals surface area contributed by atoms with Gasteiger partial charge in [-0.15, -0.1) is 11.8 Å². The lowest BCUT2D eigenvalue weighted by molar-refractivity contribution is 0.0786. The summed E-state index contributed by atoms with van der Waals surface area (Å²) in [5, 5.41) is 4.42. The minimum atomic E-state index is 0.635. The van der Waals surface area contributed by atoms with Crippen LogP contribution in [0.3, 0.4) is 0 Å². The van der Waals surface area contributed by atoms with E-state index >= 15 is 0 Å². The molecule has 0 saturated carbocycles. The molecular weight excluding hydrogens is 254 g/mol. The molecule has 1 aliphatic heterocycles. The molecule has 0 atom stereocenters. The summed E-state index contributed by atoms with van der Waals surface area (Å²) in [5.74, 6) is 1.06. The largest absolute Gasteiger partial charge is 0.381 e. The minimum Gasteiger partial charge on any atom is -0.381 e. The maximum absolute atomic E-state index is 6.09. The Bertz CT molecular complexity index is 342. The molecule has 0 bridgehead atoms. The molecule has 0 radical (unpaired) electrons. The molecule has 0 spiro atoms. The van der Waals surface area contributed by atoms with Gasteiger partial charge in [0.1, 0.15) is 0 Å². The van der Waals surface area contributed by atoms with Crippen molar-refractivity contribution in [2.24, 2.45) is 0 Å². The highest BCUT2D eigenvalue weighted by Crippen LogP contribution is 2.25. The van der Waals surface area contributed by atoms with Gasteiger partial charge in [0.05, 0.1) is 5.02 Å². The summed E-state index contributed by atoms with van der Waals surface area (Å²) in [6.45, 7) is 2.82. The van der Waals surface area contributed by atoms with Crippen molar-refractivity contribution in [3.63, 3.8) is 0 Å². The lowest BCUT2D eigenvalue weighted by Crippen LogP contribution is -2.35. The molecule has 1 saturated heterocycles. The number of nitrogens with one attached hydrogen (secondary N) is 1. The molecule has 4 heteroatoms. The van der Waals surface area contributed by atoms with Gasteiger partial charge in [0, 0.05) is 36.4 Å². The van der Waals surface area contributed by atoms with E-state index in [1.165, 1.54) is 4.90 Å². The lowest BCUT2D eigenvalue weighted by Gasteiger charge is -2.23. The first-order chi connectivity index (χ1) is 8.36. The molecule has 2 nitrogen and oxygen atoms in total. The van der Waals surface area contributed by atoms with Crippen molar-refractivity contribution in [1.29, 1.82) is 0 Å². The fourth-order valence-corrected chi connectivity index (χ4v) is 3.01. The second-order valence-electron chi connectivity index (χ2n) is 4.12. The second kappa shape index (κ2) is 7.27. The molecule has 1 N–H and O–H groups in total. The maximum atomic E-state index is 6.09. The van der Waals surface area contributed by atoms with Crippen LogP contribution in [0, 0.1) is 0 Å². The van der Waals surface area contributed by atoms with Crippen LogP contribution in [0.4, 0.5) is 0 Å². The number of hydrogen-bond acceptors (Lipinski definition) is 3. The summed E-state index contributed by atoms with van der Waals surface area (Å²) in [5.41, 5.74) is 0. The van der Waals surface area contributed by atoms with Crippen LogP contribution in [0.2, 0.25) is 5.02 Å². The minimum absolute atomic E-state index is 0.635. The van der Waals surface area contributed by atoms with Gasteiger partial charge in [-0.3, -0.25) is 0 Å². The highest BCUT2D eigenvalue weighted by molar-refractivity contribution is 7.99. The number of hydrogen-bond donors (Lipinski definition) is 1. The first-order valence-corrected chi connectivity index (χ1v) is 7.41. The average Bonchev–Trinajstić information content (AvgIpc) is 2.38. The molecule has 0 aliphatic carbocycles. The van der Waals surface area contributed by atoms with E-state index in [2.05, 4.69) is 11.4 Å². The van der Waals surface area contributed by atoms with E-state index in [9.17, 15) is 0 Å². The molecule has 1 aromatic carbocycles. The van der Waals surface area contributed by atoms with Crippen molar-refractivity contribution in [2.45, 2.75) is 23.8 Å². The Kier molecular flexibility index (Phi) is 5.65. The van der Waals surface area contributed by atoms with Gasteiger partial charge in [-0.2, -0.15) is 0 Å².